The molecule has 6 nitrogen and oxygen atoms in total. The molecule has 2 aromatic rings. The summed E-state index contributed by atoms with van der Waals surface area (Å²) >= 11 is 0. The normalized spacial score (nSPS) is 20.6. The van der Waals surface area contributed by atoms with Crippen LogP contribution in [0.4, 0.5) is 14.5 Å². The van der Waals surface area contributed by atoms with Crippen molar-refractivity contribution < 1.29 is 23.1 Å². The van der Waals surface area contributed by atoms with Gasteiger partial charge in [0.05, 0.1) is 17.8 Å². The lowest BCUT2D eigenvalue weighted by molar-refractivity contribution is -0.124. The lowest BCUT2D eigenvalue weighted by Crippen LogP contribution is -2.42. The monoisotopic (exact) mass is 401 g/mol. The van der Waals surface area contributed by atoms with Gasteiger partial charge in [0.25, 0.3) is 5.91 Å². The molecule has 2 aliphatic heterocycles. The number of amides is 2. The Balaban J connectivity index is 1.58. The second kappa shape index (κ2) is 7.87. The number of carbonyl (C=O) groups is 2. The van der Waals surface area contributed by atoms with Crippen LogP contribution in [0.3, 0.4) is 0 Å². The zero-order valence-corrected chi connectivity index (χ0v) is 15.7. The SMILES string of the molecule is O=C(Nc1cccnc1)C1CN(C(=O)c2cc(F)cc(F)c2)CC12CCOCC2. The molecule has 0 saturated carbocycles. The lowest BCUT2D eigenvalue weighted by Gasteiger charge is -2.37. The van der Waals surface area contributed by atoms with Crippen LogP contribution >= 0.6 is 0 Å². The van der Waals surface area contributed by atoms with Crippen molar-refractivity contribution in [3.63, 3.8) is 0 Å². The van der Waals surface area contributed by atoms with Gasteiger partial charge >= 0.3 is 0 Å². The molecule has 2 aliphatic rings. The van der Waals surface area contributed by atoms with Crippen molar-refractivity contribution in [2.75, 3.05) is 31.6 Å². The highest BCUT2D eigenvalue weighted by Gasteiger charge is 2.51. The number of pyridine rings is 1. The minimum absolute atomic E-state index is 0.0574. The van der Waals surface area contributed by atoms with Gasteiger partial charge < -0.3 is 15.0 Å². The molecule has 8 heteroatoms. The number of nitrogens with zero attached hydrogens (tertiary/aromatic N) is 2. The number of hydrogen-bond donors (Lipinski definition) is 1. The van der Waals surface area contributed by atoms with Crippen molar-refractivity contribution in [2.45, 2.75) is 12.8 Å². The van der Waals surface area contributed by atoms with Gasteiger partial charge in [-0.25, -0.2) is 8.78 Å². The standard InChI is InChI=1S/C21H21F2N3O3/c22-15-8-14(9-16(23)10-15)20(28)26-12-18(21(13-26)3-6-29-7-4-21)19(27)25-17-2-1-5-24-11-17/h1-2,5,8-11,18H,3-4,6-7,12-13H2,(H,25,27). The van der Waals surface area contributed by atoms with E-state index in [-0.39, 0.29) is 18.0 Å². The maximum Gasteiger partial charge on any atom is 0.254 e. The number of ether oxygens (including phenoxy) is 1. The summed E-state index contributed by atoms with van der Waals surface area (Å²) in [6.45, 7) is 1.54. The number of rotatable bonds is 3. The molecule has 1 spiro atoms. The smallest absolute Gasteiger partial charge is 0.254 e. The minimum Gasteiger partial charge on any atom is -0.381 e. The Morgan fingerprint density at radius 1 is 1.17 bits per heavy atom. The summed E-state index contributed by atoms with van der Waals surface area (Å²) in [5, 5.41) is 2.87. The van der Waals surface area contributed by atoms with Crippen molar-refractivity contribution in [3.8, 4) is 0 Å². The average molecular weight is 401 g/mol. The van der Waals surface area contributed by atoms with Gasteiger partial charge in [0.2, 0.25) is 5.91 Å². The highest BCUT2D eigenvalue weighted by atomic mass is 19.1. The Morgan fingerprint density at radius 2 is 1.90 bits per heavy atom. The average Bonchev–Trinajstić information content (AvgIpc) is 3.06. The van der Waals surface area contributed by atoms with Crippen molar-refractivity contribution in [2.24, 2.45) is 11.3 Å². The Morgan fingerprint density at radius 3 is 2.55 bits per heavy atom. The van der Waals surface area contributed by atoms with Crippen LogP contribution < -0.4 is 5.32 Å². The van der Waals surface area contributed by atoms with E-state index in [1.54, 1.807) is 24.5 Å². The van der Waals surface area contributed by atoms with Crippen LogP contribution in [0.5, 0.6) is 0 Å². The molecule has 1 aromatic heterocycles. The summed E-state index contributed by atoms with van der Waals surface area (Å²) in [7, 11) is 0. The molecule has 152 valence electrons. The lowest BCUT2D eigenvalue weighted by atomic mass is 9.71. The van der Waals surface area contributed by atoms with Gasteiger partial charge in [0.15, 0.2) is 0 Å². The molecular weight excluding hydrogens is 380 g/mol. The third kappa shape index (κ3) is 3.98. The van der Waals surface area contributed by atoms with E-state index in [9.17, 15) is 18.4 Å². The number of aromatic nitrogens is 1. The third-order valence-corrected chi connectivity index (χ3v) is 5.78. The fraction of sp³-hybridized carbons (Fsp3) is 0.381. The van der Waals surface area contributed by atoms with Crippen LogP contribution in [0.1, 0.15) is 23.2 Å². The first kappa shape index (κ1) is 19.4. The van der Waals surface area contributed by atoms with Crippen LogP contribution in [-0.4, -0.2) is 48.0 Å². The Hall–Kier alpha value is -2.87. The van der Waals surface area contributed by atoms with Gasteiger partial charge in [-0.3, -0.25) is 14.6 Å². The van der Waals surface area contributed by atoms with Crippen LogP contribution in [0, 0.1) is 23.0 Å². The van der Waals surface area contributed by atoms with Gasteiger partial charge in [-0.05, 0) is 37.1 Å². The van der Waals surface area contributed by atoms with E-state index in [1.165, 1.54) is 4.90 Å². The summed E-state index contributed by atoms with van der Waals surface area (Å²) in [5.74, 6) is -2.74. The predicted octanol–water partition coefficient (Wildman–Crippen LogP) is 2.87. The summed E-state index contributed by atoms with van der Waals surface area (Å²) in [6, 6.07) is 6.23. The van der Waals surface area contributed by atoms with Gasteiger partial charge in [-0.15, -0.1) is 0 Å². The first-order valence-corrected chi connectivity index (χ1v) is 9.51. The first-order valence-electron chi connectivity index (χ1n) is 9.51. The van der Waals surface area contributed by atoms with E-state index >= 15 is 0 Å². The minimum atomic E-state index is -0.806. The van der Waals surface area contributed by atoms with Gasteiger partial charge in [0.1, 0.15) is 11.6 Å². The molecule has 0 aliphatic carbocycles. The molecule has 3 heterocycles. The molecule has 2 amide bonds. The second-order valence-corrected chi connectivity index (χ2v) is 7.60. The number of hydrogen-bond acceptors (Lipinski definition) is 4. The zero-order chi connectivity index (χ0) is 20.4. The molecule has 4 rings (SSSR count). The summed E-state index contributed by atoms with van der Waals surface area (Å²) < 4.78 is 32.6. The van der Waals surface area contributed by atoms with Crippen LogP contribution in [0.15, 0.2) is 42.7 Å². The van der Waals surface area contributed by atoms with E-state index in [0.29, 0.717) is 38.3 Å². The van der Waals surface area contributed by atoms with E-state index < -0.39 is 28.9 Å². The molecule has 2 fully saturated rings. The molecule has 2 saturated heterocycles. The topological polar surface area (TPSA) is 71.5 Å². The van der Waals surface area contributed by atoms with Crippen LogP contribution in [0.2, 0.25) is 0 Å². The maximum absolute atomic E-state index is 13.6. The molecule has 1 unspecified atom stereocenters. The van der Waals surface area contributed by atoms with Crippen molar-refractivity contribution in [1.82, 2.24) is 9.88 Å². The maximum atomic E-state index is 13.6. The first-order chi connectivity index (χ1) is 14.0. The van der Waals surface area contributed by atoms with Crippen LogP contribution in [0.25, 0.3) is 0 Å². The highest BCUT2D eigenvalue weighted by Crippen LogP contribution is 2.45. The van der Waals surface area contributed by atoms with Gasteiger partial charge in [0, 0.05) is 49.5 Å². The van der Waals surface area contributed by atoms with Crippen molar-refractivity contribution in [3.05, 3.63) is 59.9 Å². The van der Waals surface area contributed by atoms with E-state index in [2.05, 4.69) is 10.3 Å². The predicted molar refractivity (Wildman–Crippen MR) is 101 cm³/mol. The number of nitrogens with one attached hydrogen (secondary N) is 1. The van der Waals surface area contributed by atoms with Gasteiger partial charge in [-0.2, -0.15) is 0 Å². The molecule has 1 N–H and O–H groups in total. The zero-order valence-electron chi connectivity index (χ0n) is 15.7. The summed E-state index contributed by atoms with van der Waals surface area (Å²) in [5.41, 5.74) is 0.0984. The fourth-order valence-electron chi connectivity index (χ4n) is 4.30. The molecule has 0 bridgehead atoms. The van der Waals surface area contributed by atoms with Crippen molar-refractivity contribution >= 4 is 17.5 Å². The largest absolute Gasteiger partial charge is 0.381 e. The third-order valence-electron chi connectivity index (χ3n) is 5.78. The molecular formula is C21H21F2N3O3. The fourth-order valence-corrected chi connectivity index (χ4v) is 4.30. The van der Waals surface area contributed by atoms with E-state index in [4.69, 9.17) is 4.74 Å². The Labute approximate surface area is 166 Å². The Kier molecular flexibility index (Phi) is 5.27. The Bertz CT molecular complexity index is 896. The molecule has 0 radical (unpaired) electrons. The molecule has 29 heavy (non-hydrogen) atoms. The van der Waals surface area contributed by atoms with Crippen LogP contribution in [-0.2, 0) is 9.53 Å². The van der Waals surface area contributed by atoms with Gasteiger partial charge in [-0.1, -0.05) is 0 Å². The van der Waals surface area contributed by atoms with E-state index in [1.807, 2.05) is 0 Å². The second-order valence-electron chi connectivity index (χ2n) is 7.60. The number of anilines is 1. The summed E-state index contributed by atoms with van der Waals surface area (Å²) in [6.07, 6.45) is 4.45. The highest BCUT2D eigenvalue weighted by molar-refractivity contribution is 5.97. The quantitative estimate of drug-likeness (QED) is 0.859. The molecule has 1 atom stereocenters. The number of carbonyl (C=O) groups excluding carboxylic acids is 2. The number of likely N-dealkylation sites (tertiary alicyclic amines) is 1. The number of benzene rings is 1. The number of halogens is 2. The van der Waals surface area contributed by atoms with E-state index in [0.717, 1.165) is 18.2 Å². The molecule has 1 aromatic carbocycles. The van der Waals surface area contributed by atoms with Crippen molar-refractivity contribution in [1.29, 1.82) is 0 Å². The summed E-state index contributed by atoms with van der Waals surface area (Å²) in [4.78, 5) is 31.5.